The molecule has 0 aliphatic carbocycles. The van der Waals surface area contributed by atoms with Gasteiger partial charge in [-0.3, -0.25) is 14.7 Å². The van der Waals surface area contributed by atoms with E-state index in [1.165, 1.54) is 12.1 Å². The number of halogens is 3. The molecule has 0 bridgehead atoms. The fourth-order valence-corrected chi connectivity index (χ4v) is 4.47. The summed E-state index contributed by atoms with van der Waals surface area (Å²) in [5, 5.41) is 25.7. The second-order valence-electron chi connectivity index (χ2n) is 9.24. The Bertz CT molecular complexity index is 1120. The number of hydrogen-bond acceptors (Lipinski definition) is 8. The van der Waals surface area contributed by atoms with Gasteiger partial charge in [-0.2, -0.15) is 13.2 Å². The first kappa shape index (κ1) is 29.8. The molecule has 1 amide bonds. The maximum atomic E-state index is 13.0. The molecule has 0 spiro atoms. The number of amides is 1. The van der Waals surface area contributed by atoms with Gasteiger partial charge in [-0.05, 0) is 30.5 Å². The molecular weight excluding hydrogens is 523 g/mol. The Labute approximate surface area is 222 Å². The van der Waals surface area contributed by atoms with Crippen LogP contribution in [0.3, 0.4) is 0 Å². The van der Waals surface area contributed by atoms with E-state index in [1.54, 1.807) is 23.5 Å². The van der Waals surface area contributed by atoms with Crippen LogP contribution in [0.1, 0.15) is 30.4 Å². The zero-order valence-corrected chi connectivity index (χ0v) is 21.0. The number of carbonyl (C=O) groups is 3. The van der Waals surface area contributed by atoms with E-state index in [0.29, 0.717) is 26.1 Å². The van der Waals surface area contributed by atoms with Gasteiger partial charge < -0.3 is 25.1 Å². The Morgan fingerprint density at radius 2 is 1.59 bits per heavy atom. The second kappa shape index (κ2) is 12.8. The predicted molar refractivity (Wildman–Crippen MR) is 132 cm³/mol. The molecule has 0 radical (unpaired) electrons. The number of likely N-dealkylation sites (tertiary alicyclic amines) is 1. The van der Waals surface area contributed by atoms with Crippen molar-refractivity contribution in [2.75, 3.05) is 50.7 Å². The Hall–Kier alpha value is -3.78. The first-order valence-corrected chi connectivity index (χ1v) is 12.3. The third-order valence-electron chi connectivity index (χ3n) is 6.74. The lowest BCUT2D eigenvalue weighted by atomic mass is 9.83. The van der Waals surface area contributed by atoms with Gasteiger partial charge in [0.05, 0.1) is 17.4 Å². The lowest BCUT2D eigenvalue weighted by Gasteiger charge is -2.39. The van der Waals surface area contributed by atoms with Crippen LogP contribution in [0.4, 0.5) is 19.0 Å². The molecule has 212 valence electrons. The zero-order chi connectivity index (χ0) is 28.6. The summed E-state index contributed by atoms with van der Waals surface area (Å²) in [5.74, 6) is -2.78. The number of aliphatic hydroxyl groups is 1. The number of carboxylic acids is 2. The van der Waals surface area contributed by atoms with Crippen LogP contribution in [0.15, 0.2) is 42.9 Å². The van der Waals surface area contributed by atoms with Gasteiger partial charge in [-0.1, -0.05) is 12.1 Å². The lowest BCUT2D eigenvalue weighted by molar-refractivity contribution is -0.159. The SMILES string of the molecule is O=C(CCN1CCN(c2cnccn2)CC1)N1CCC(O)(c2cccc(C(F)(F)F)c2)CC1.O=C(O)C(=O)O. The number of piperidine rings is 1. The summed E-state index contributed by atoms with van der Waals surface area (Å²) in [5.41, 5.74) is -1.87. The topological polar surface area (TPSA) is 147 Å². The van der Waals surface area contributed by atoms with Gasteiger partial charge in [-0.25, -0.2) is 14.6 Å². The molecule has 2 aromatic rings. The number of benzene rings is 1. The highest BCUT2D eigenvalue weighted by atomic mass is 19.4. The molecule has 2 aliphatic rings. The first-order valence-electron chi connectivity index (χ1n) is 12.3. The smallest absolute Gasteiger partial charge is 0.416 e. The van der Waals surface area contributed by atoms with Gasteiger partial charge >= 0.3 is 18.1 Å². The molecule has 4 rings (SSSR count). The van der Waals surface area contributed by atoms with Crippen LogP contribution >= 0.6 is 0 Å². The molecule has 1 aromatic heterocycles. The van der Waals surface area contributed by atoms with Gasteiger partial charge in [-0.15, -0.1) is 0 Å². The highest BCUT2D eigenvalue weighted by Gasteiger charge is 2.38. The summed E-state index contributed by atoms with van der Waals surface area (Å²) in [6.07, 6.45) is 1.43. The molecule has 3 heterocycles. The molecule has 14 heteroatoms. The monoisotopic (exact) mass is 553 g/mol. The molecule has 2 fully saturated rings. The fourth-order valence-electron chi connectivity index (χ4n) is 4.47. The van der Waals surface area contributed by atoms with Crippen molar-refractivity contribution in [1.29, 1.82) is 0 Å². The highest BCUT2D eigenvalue weighted by Crippen LogP contribution is 2.36. The van der Waals surface area contributed by atoms with Gasteiger partial charge in [0.25, 0.3) is 0 Å². The molecular formula is C25H30F3N5O6. The van der Waals surface area contributed by atoms with Gasteiger partial charge in [0, 0.05) is 64.6 Å². The van der Waals surface area contributed by atoms with E-state index in [4.69, 9.17) is 19.8 Å². The molecule has 39 heavy (non-hydrogen) atoms. The number of anilines is 1. The minimum absolute atomic E-state index is 0.0115. The number of carboxylic acid groups (broad SMARTS) is 2. The summed E-state index contributed by atoms with van der Waals surface area (Å²) in [6.45, 7) is 4.61. The standard InChI is InChI=1S/C23H28F3N5O2.C2H2O4/c24-23(25,26)19-3-1-2-18(16-19)22(33)5-10-31(11-6-22)21(32)4-9-29-12-14-30(15-13-29)20-17-27-7-8-28-20;3-1(4)2(5)6/h1-3,7-8,16-17,33H,4-6,9-15H2;(H,3,4)(H,5,6). The number of nitrogens with zero attached hydrogens (tertiary/aromatic N) is 5. The molecule has 0 atom stereocenters. The maximum Gasteiger partial charge on any atom is 0.416 e. The quantitative estimate of drug-likeness (QED) is 0.467. The number of piperazine rings is 1. The average Bonchev–Trinajstić information content (AvgIpc) is 2.93. The highest BCUT2D eigenvalue weighted by molar-refractivity contribution is 6.27. The van der Waals surface area contributed by atoms with E-state index in [-0.39, 0.29) is 24.3 Å². The van der Waals surface area contributed by atoms with Crippen molar-refractivity contribution in [3.05, 3.63) is 54.0 Å². The Kier molecular flexibility index (Phi) is 9.81. The molecule has 2 aliphatic heterocycles. The van der Waals surface area contributed by atoms with Crippen LogP contribution in [0.25, 0.3) is 0 Å². The average molecular weight is 554 g/mol. The van der Waals surface area contributed by atoms with E-state index in [0.717, 1.165) is 44.1 Å². The van der Waals surface area contributed by atoms with E-state index in [2.05, 4.69) is 19.8 Å². The minimum atomic E-state index is -4.46. The van der Waals surface area contributed by atoms with Crippen LogP contribution in [-0.4, -0.2) is 98.7 Å². The summed E-state index contributed by atoms with van der Waals surface area (Å²) in [6, 6.07) is 4.85. The molecule has 0 unspecified atom stereocenters. The molecule has 0 saturated carbocycles. The van der Waals surface area contributed by atoms with Crippen molar-refractivity contribution in [3.63, 3.8) is 0 Å². The van der Waals surface area contributed by atoms with Crippen molar-refractivity contribution >= 4 is 23.7 Å². The summed E-state index contributed by atoms with van der Waals surface area (Å²) in [4.78, 5) is 45.4. The summed E-state index contributed by atoms with van der Waals surface area (Å²) < 4.78 is 39.1. The van der Waals surface area contributed by atoms with Crippen molar-refractivity contribution in [3.8, 4) is 0 Å². The number of aliphatic carboxylic acids is 2. The Balaban J connectivity index is 0.000000631. The van der Waals surface area contributed by atoms with Crippen molar-refractivity contribution < 1.29 is 42.9 Å². The number of aromatic nitrogens is 2. The summed E-state index contributed by atoms with van der Waals surface area (Å²) >= 11 is 0. The first-order chi connectivity index (χ1) is 18.4. The van der Waals surface area contributed by atoms with E-state index in [9.17, 15) is 23.1 Å². The number of hydrogen-bond donors (Lipinski definition) is 3. The van der Waals surface area contributed by atoms with E-state index >= 15 is 0 Å². The van der Waals surface area contributed by atoms with E-state index < -0.39 is 29.3 Å². The van der Waals surface area contributed by atoms with Crippen LogP contribution < -0.4 is 4.90 Å². The largest absolute Gasteiger partial charge is 0.473 e. The minimum Gasteiger partial charge on any atom is -0.473 e. The number of alkyl halides is 3. The van der Waals surface area contributed by atoms with Crippen LogP contribution in [-0.2, 0) is 26.2 Å². The van der Waals surface area contributed by atoms with Crippen molar-refractivity contribution in [2.45, 2.75) is 31.0 Å². The van der Waals surface area contributed by atoms with Gasteiger partial charge in [0.1, 0.15) is 5.82 Å². The maximum absolute atomic E-state index is 13.0. The van der Waals surface area contributed by atoms with Gasteiger partial charge in [0.2, 0.25) is 5.91 Å². The molecule has 11 nitrogen and oxygen atoms in total. The van der Waals surface area contributed by atoms with Crippen LogP contribution in [0.5, 0.6) is 0 Å². The van der Waals surface area contributed by atoms with Crippen LogP contribution in [0.2, 0.25) is 0 Å². The van der Waals surface area contributed by atoms with Crippen molar-refractivity contribution in [1.82, 2.24) is 19.8 Å². The van der Waals surface area contributed by atoms with Crippen molar-refractivity contribution in [2.24, 2.45) is 0 Å². The molecule has 1 aromatic carbocycles. The third-order valence-corrected chi connectivity index (χ3v) is 6.74. The Morgan fingerprint density at radius 3 is 2.13 bits per heavy atom. The summed E-state index contributed by atoms with van der Waals surface area (Å²) in [7, 11) is 0. The van der Waals surface area contributed by atoms with E-state index in [1.807, 2.05) is 0 Å². The molecule has 2 saturated heterocycles. The van der Waals surface area contributed by atoms with Crippen LogP contribution in [0, 0.1) is 0 Å². The molecule has 3 N–H and O–H groups in total. The number of rotatable bonds is 5. The van der Waals surface area contributed by atoms with Gasteiger partial charge in [0.15, 0.2) is 0 Å². The zero-order valence-electron chi connectivity index (χ0n) is 21.0. The third kappa shape index (κ3) is 8.35. The Morgan fingerprint density at radius 1 is 0.949 bits per heavy atom. The number of carbonyl (C=O) groups excluding carboxylic acids is 1. The predicted octanol–water partition coefficient (Wildman–Crippen LogP) is 1.67. The second-order valence-corrected chi connectivity index (χ2v) is 9.24. The normalized spacial score (nSPS) is 17.6. The fraction of sp³-hybridized carbons (Fsp3) is 0.480. The lowest BCUT2D eigenvalue weighted by Crippen LogP contribution is -2.49.